The van der Waals surface area contributed by atoms with Gasteiger partial charge in [0.2, 0.25) is 5.91 Å². The fourth-order valence-electron chi connectivity index (χ4n) is 8.95. The van der Waals surface area contributed by atoms with E-state index in [1.165, 1.54) is 23.7 Å². The molecule has 9 rings (SSSR count). The SMILES string of the molecule is CC(=O)OC(c1cn(C)nn1)C1C(=O)N(C=P(c2ccccc2)(c2ccccc2)c2ccc(C(=O)OC(c3ccccc3)[N+](=O)[O-])cc2)C1SC(c1ccccc1)(c1ccccc1)c1ccccc1. The zero-order valence-corrected chi connectivity index (χ0v) is 39.3. The number of hydrogen-bond acceptors (Lipinski definition) is 10. The normalized spacial score (nSPS) is 15.6. The molecule has 4 unspecified atom stereocenters. The second-order valence-corrected chi connectivity index (χ2v) is 21.0. The second kappa shape index (κ2) is 20.2. The van der Waals surface area contributed by atoms with Gasteiger partial charge in [-0.3, -0.25) is 24.4 Å². The van der Waals surface area contributed by atoms with Gasteiger partial charge in [-0.05, 0) is 63.8 Å². The van der Waals surface area contributed by atoms with Crippen molar-refractivity contribution in [2.75, 3.05) is 0 Å². The third-order valence-corrected chi connectivity index (χ3v) is 17.9. The van der Waals surface area contributed by atoms with Crippen LogP contribution in [0.1, 0.15) is 57.6 Å². The Morgan fingerprint density at radius 3 is 1.57 bits per heavy atom. The zero-order valence-electron chi connectivity index (χ0n) is 37.5. The van der Waals surface area contributed by atoms with Crippen molar-refractivity contribution < 1.29 is 28.8 Å². The van der Waals surface area contributed by atoms with E-state index in [1.54, 1.807) is 60.2 Å². The van der Waals surface area contributed by atoms with Crippen molar-refractivity contribution in [3.05, 3.63) is 256 Å². The molecule has 1 amide bonds. The number of hydrogen-bond donors (Lipinski definition) is 0. The molecule has 1 aliphatic rings. The summed E-state index contributed by atoms with van der Waals surface area (Å²) in [4.78, 5) is 55.7. The molecule has 0 N–H and O–H groups in total. The van der Waals surface area contributed by atoms with Gasteiger partial charge >= 0.3 is 18.2 Å². The summed E-state index contributed by atoms with van der Waals surface area (Å²) >= 11 is 1.58. The Labute approximate surface area is 403 Å². The van der Waals surface area contributed by atoms with E-state index in [1.807, 2.05) is 133 Å². The first-order valence-corrected chi connectivity index (χ1v) is 24.9. The molecule has 4 atom stereocenters. The van der Waals surface area contributed by atoms with Crippen molar-refractivity contribution >= 4 is 58.3 Å². The van der Waals surface area contributed by atoms with Crippen LogP contribution in [0.5, 0.6) is 0 Å². The summed E-state index contributed by atoms with van der Waals surface area (Å²) < 4.78 is 12.2. The quantitative estimate of drug-likeness (QED) is 0.0175. The highest BCUT2D eigenvalue weighted by Gasteiger charge is 2.58. The Morgan fingerprint density at radius 2 is 1.13 bits per heavy atom. The Kier molecular flexibility index (Phi) is 13.5. The highest BCUT2D eigenvalue weighted by atomic mass is 32.2. The van der Waals surface area contributed by atoms with Crippen LogP contribution in [-0.2, 0) is 30.9 Å². The molecular formula is C55H46N5O7PS. The largest absolute Gasteiger partial charge is 0.455 e. The number of aryl methyl sites for hydroxylation is 1. The van der Waals surface area contributed by atoms with E-state index >= 15 is 4.79 Å². The predicted octanol–water partition coefficient (Wildman–Crippen LogP) is 8.82. The highest BCUT2D eigenvalue weighted by molar-refractivity contribution is 8.01. The molecule has 14 heteroatoms. The van der Waals surface area contributed by atoms with Gasteiger partial charge in [0.05, 0.1) is 32.4 Å². The molecule has 12 nitrogen and oxygen atoms in total. The predicted molar refractivity (Wildman–Crippen MR) is 269 cm³/mol. The standard InChI is InChI=1S/C55H46N5O7PS/c1-39(61)66-50(48-37-58(2)57-56-48)49-51(62)59(53(49)69-55(42-23-11-4-12-24-42,43-25-13-5-14-26-43)44-27-15-6-16-28-44)38-68(45-29-17-7-18-30-45,46-31-19-8-20-32-46)47-35-33-41(34-36-47)54(63)67-52(60(64)65)40-21-9-3-10-22-40/h3-38,49-50,52-53H,1-2H3. The number of β-lactam (4-membered cyclic amide) rings is 1. The summed E-state index contributed by atoms with van der Waals surface area (Å²) in [6.45, 7) is -1.74. The Morgan fingerprint density at radius 1 is 0.681 bits per heavy atom. The topological polar surface area (TPSA) is 147 Å². The van der Waals surface area contributed by atoms with Crippen LogP contribution >= 0.6 is 18.6 Å². The number of nitrogens with zero attached hydrogens (tertiary/aromatic N) is 5. The summed E-state index contributed by atoms with van der Waals surface area (Å²) in [6, 6.07) is 65.3. The lowest BCUT2D eigenvalue weighted by atomic mass is 9.84. The van der Waals surface area contributed by atoms with E-state index in [-0.39, 0.29) is 17.0 Å². The number of thioether (sulfide) groups is 1. The third-order valence-electron chi connectivity index (χ3n) is 12.1. The minimum atomic E-state index is -3.06. The first-order chi connectivity index (χ1) is 33.6. The number of likely N-dealkylation sites (tertiary alicyclic amines) is 1. The monoisotopic (exact) mass is 951 g/mol. The van der Waals surface area contributed by atoms with Crippen molar-refractivity contribution in [2.45, 2.75) is 29.4 Å². The maximum Gasteiger partial charge on any atom is 0.383 e. The molecule has 7 aromatic carbocycles. The minimum absolute atomic E-state index is 0.112. The van der Waals surface area contributed by atoms with E-state index in [0.717, 1.165) is 32.6 Å². The number of benzene rings is 7. The molecule has 0 aliphatic carbocycles. The van der Waals surface area contributed by atoms with E-state index in [4.69, 9.17) is 9.47 Å². The van der Waals surface area contributed by atoms with E-state index in [2.05, 4.69) is 46.7 Å². The van der Waals surface area contributed by atoms with Gasteiger partial charge < -0.3 is 14.4 Å². The van der Waals surface area contributed by atoms with Gasteiger partial charge in [-0.25, -0.2) is 4.79 Å². The molecule has 0 saturated carbocycles. The summed E-state index contributed by atoms with van der Waals surface area (Å²) in [5.41, 5.74) is 3.58. The van der Waals surface area contributed by atoms with E-state index in [0.29, 0.717) is 5.69 Å². The van der Waals surface area contributed by atoms with Crippen LogP contribution < -0.4 is 15.9 Å². The molecule has 0 spiro atoms. The maximum absolute atomic E-state index is 15.6. The minimum Gasteiger partial charge on any atom is -0.455 e. The number of nitro groups is 1. The molecule has 1 aromatic heterocycles. The van der Waals surface area contributed by atoms with Gasteiger partial charge in [0.25, 0.3) is 0 Å². The van der Waals surface area contributed by atoms with Crippen LogP contribution in [0.3, 0.4) is 0 Å². The molecule has 1 saturated heterocycles. The number of rotatable bonds is 16. The van der Waals surface area contributed by atoms with Crippen molar-refractivity contribution in [1.29, 1.82) is 0 Å². The molecule has 0 radical (unpaired) electrons. The Hall–Kier alpha value is -7.86. The summed E-state index contributed by atoms with van der Waals surface area (Å²) in [5.74, 6) is -0.626. The molecule has 0 bridgehead atoms. The van der Waals surface area contributed by atoms with Gasteiger partial charge in [0.1, 0.15) is 11.6 Å². The van der Waals surface area contributed by atoms with Crippen LogP contribution in [0, 0.1) is 16.0 Å². The lowest BCUT2D eigenvalue weighted by molar-refractivity contribution is -0.574. The molecule has 1 aliphatic heterocycles. The van der Waals surface area contributed by atoms with Crippen LogP contribution in [-0.4, -0.2) is 54.0 Å². The van der Waals surface area contributed by atoms with Crippen molar-refractivity contribution in [1.82, 2.24) is 19.9 Å². The lowest BCUT2D eigenvalue weighted by Gasteiger charge is -2.52. The first kappa shape index (κ1) is 46.3. The van der Waals surface area contributed by atoms with Gasteiger partial charge in [-0.15, -0.1) is 16.9 Å². The zero-order chi connectivity index (χ0) is 48.0. The third kappa shape index (κ3) is 9.14. The Bertz CT molecular complexity index is 2990. The average molecular weight is 952 g/mol. The van der Waals surface area contributed by atoms with Crippen LogP contribution in [0.4, 0.5) is 0 Å². The number of aromatic nitrogens is 3. The summed E-state index contributed by atoms with van der Waals surface area (Å²) in [6.07, 6.45) is -1.14. The fraction of sp³-hybridized carbons (Fsp3) is 0.127. The first-order valence-electron chi connectivity index (χ1n) is 22.2. The van der Waals surface area contributed by atoms with Crippen LogP contribution in [0.2, 0.25) is 0 Å². The van der Waals surface area contributed by atoms with Gasteiger partial charge in [-0.1, -0.05) is 187 Å². The van der Waals surface area contributed by atoms with E-state index < -0.39 is 52.1 Å². The van der Waals surface area contributed by atoms with Crippen molar-refractivity contribution in [3.63, 3.8) is 0 Å². The average Bonchev–Trinajstić information content (AvgIpc) is 3.84. The van der Waals surface area contributed by atoms with Crippen molar-refractivity contribution in [3.8, 4) is 0 Å². The second-order valence-electron chi connectivity index (χ2n) is 16.4. The molecule has 1 fully saturated rings. The lowest BCUT2D eigenvalue weighted by Crippen LogP contribution is -2.62. The van der Waals surface area contributed by atoms with Gasteiger partial charge in [0.15, 0.2) is 6.10 Å². The molecule has 69 heavy (non-hydrogen) atoms. The maximum atomic E-state index is 15.6. The number of ether oxygens (including phenoxy) is 2. The van der Waals surface area contributed by atoms with Gasteiger partial charge in [-0.2, -0.15) is 0 Å². The van der Waals surface area contributed by atoms with Gasteiger partial charge in [0, 0.05) is 19.9 Å². The fourth-order valence-corrected chi connectivity index (χ4v) is 14.7. The summed E-state index contributed by atoms with van der Waals surface area (Å²) in [5, 5.41) is 22.6. The number of esters is 2. The summed E-state index contributed by atoms with van der Waals surface area (Å²) in [7, 11) is 1.72. The van der Waals surface area contributed by atoms with E-state index in [9.17, 15) is 19.7 Å². The number of amides is 1. The highest BCUT2D eigenvalue weighted by Crippen LogP contribution is 2.57. The van der Waals surface area contributed by atoms with Crippen molar-refractivity contribution in [2.24, 2.45) is 13.0 Å². The smallest absolute Gasteiger partial charge is 0.383 e. The van der Waals surface area contributed by atoms with Crippen LogP contribution in [0.25, 0.3) is 0 Å². The number of carbonyl (C=O) groups is 3. The molecule has 2 heterocycles. The number of carbonyl (C=O) groups excluding carboxylic acids is 3. The molecular weight excluding hydrogens is 906 g/mol. The Balaban J connectivity index is 1.27. The molecule has 344 valence electrons. The molecule has 8 aromatic rings. The van der Waals surface area contributed by atoms with Crippen LogP contribution in [0.15, 0.2) is 212 Å².